The molecule has 3 aromatic rings. The van der Waals surface area contributed by atoms with Crippen LogP contribution >= 0.6 is 11.8 Å². The number of nitrogens with two attached hydrogens (primary N) is 1. The number of carbonyl (C=O) groups excluding carboxylic acids is 1. The highest BCUT2D eigenvalue weighted by Crippen LogP contribution is 2.29. The van der Waals surface area contributed by atoms with Crippen molar-refractivity contribution >= 4 is 23.4 Å². The molecule has 0 aliphatic carbocycles. The molecule has 0 radical (unpaired) electrons. The second kappa shape index (κ2) is 9.09. The van der Waals surface area contributed by atoms with Gasteiger partial charge in [-0.3, -0.25) is 4.79 Å². The minimum atomic E-state index is -0.437. The molecule has 1 heterocycles. The van der Waals surface area contributed by atoms with Gasteiger partial charge in [-0.15, -0.1) is 10.2 Å². The number of nitrogens with zero attached hydrogens (tertiary/aromatic N) is 3. The summed E-state index contributed by atoms with van der Waals surface area (Å²) in [7, 11) is 0. The predicted molar refractivity (Wildman–Crippen MR) is 115 cm³/mol. The Morgan fingerprint density at radius 2 is 1.86 bits per heavy atom. The number of amides is 1. The van der Waals surface area contributed by atoms with Crippen molar-refractivity contribution in [2.45, 2.75) is 43.5 Å². The summed E-state index contributed by atoms with van der Waals surface area (Å²) in [5, 5.41) is 11.1. The van der Waals surface area contributed by atoms with Gasteiger partial charge in [0.25, 0.3) is 0 Å². The molecule has 0 bridgehead atoms. The zero-order valence-corrected chi connectivity index (χ0v) is 17.4. The number of carbonyl (C=O) groups is 1. The van der Waals surface area contributed by atoms with E-state index in [1.165, 1.54) is 28.6 Å². The molecule has 2 atom stereocenters. The quantitative estimate of drug-likeness (QED) is 0.442. The summed E-state index contributed by atoms with van der Waals surface area (Å²) in [4.78, 5) is 12.7. The van der Waals surface area contributed by atoms with Crippen LogP contribution in [0.5, 0.6) is 0 Å². The number of nitrogens with one attached hydrogen (secondary N) is 1. The van der Waals surface area contributed by atoms with E-state index < -0.39 is 5.25 Å². The Morgan fingerprint density at radius 3 is 2.55 bits per heavy atom. The summed E-state index contributed by atoms with van der Waals surface area (Å²) in [6, 6.07) is 13.7. The Balaban J connectivity index is 1.72. The molecule has 1 aromatic heterocycles. The molecule has 0 spiro atoms. The number of anilines is 1. The molecule has 3 N–H and O–H groups in total. The van der Waals surface area contributed by atoms with Crippen molar-refractivity contribution in [3.8, 4) is 11.4 Å². The van der Waals surface area contributed by atoms with Gasteiger partial charge in [-0.25, -0.2) is 9.07 Å². The number of hydrogen-bond acceptors (Lipinski definition) is 5. The number of rotatable bonds is 7. The minimum Gasteiger partial charge on any atom is -0.335 e. The van der Waals surface area contributed by atoms with E-state index in [2.05, 4.69) is 29.4 Å². The first-order valence-electron chi connectivity index (χ1n) is 9.43. The summed E-state index contributed by atoms with van der Waals surface area (Å²) in [5.74, 6) is 6.37. The van der Waals surface area contributed by atoms with Gasteiger partial charge in [0.1, 0.15) is 5.82 Å². The summed E-state index contributed by atoms with van der Waals surface area (Å²) in [6.45, 7) is 6.05. The van der Waals surface area contributed by atoms with Crippen LogP contribution in [0, 0.1) is 5.82 Å². The van der Waals surface area contributed by atoms with Crippen LogP contribution in [-0.2, 0) is 4.79 Å². The lowest BCUT2D eigenvalue weighted by molar-refractivity contribution is -0.115. The first kappa shape index (κ1) is 20.9. The number of para-hydroxylation sites is 1. The van der Waals surface area contributed by atoms with Gasteiger partial charge in [-0.2, -0.15) is 0 Å². The van der Waals surface area contributed by atoms with Crippen molar-refractivity contribution in [2.75, 3.05) is 11.2 Å². The summed E-state index contributed by atoms with van der Waals surface area (Å²) < 4.78 is 14.4. The molecule has 0 aliphatic rings. The van der Waals surface area contributed by atoms with Crippen LogP contribution in [0.2, 0.25) is 0 Å². The fourth-order valence-electron chi connectivity index (χ4n) is 2.86. The first-order chi connectivity index (χ1) is 13.9. The van der Waals surface area contributed by atoms with E-state index in [1.54, 1.807) is 19.1 Å². The van der Waals surface area contributed by atoms with Gasteiger partial charge < -0.3 is 11.2 Å². The number of halogens is 1. The van der Waals surface area contributed by atoms with Gasteiger partial charge in [-0.1, -0.05) is 43.8 Å². The fraction of sp³-hybridized carbons (Fsp3) is 0.286. The van der Waals surface area contributed by atoms with Crippen LogP contribution in [0.3, 0.4) is 0 Å². The van der Waals surface area contributed by atoms with E-state index in [0.717, 1.165) is 17.7 Å². The molecule has 0 saturated carbocycles. The third kappa shape index (κ3) is 4.76. The van der Waals surface area contributed by atoms with E-state index in [0.29, 0.717) is 22.5 Å². The number of thioether (sulfide) groups is 1. The standard InChI is InChI=1S/C21H24FN5OS/c1-4-13(2)17-7-5-6-8-18(17)24-20(28)14(3)29-21-26-25-19(27(21)23)15-9-11-16(22)12-10-15/h5-14H,4,23H2,1-3H3,(H,24,28)/t13-,14-/m1/s1. The van der Waals surface area contributed by atoms with Gasteiger partial charge in [-0.05, 0) is 55.2 Å². The largest absolute Gasteiger partial charge is 0.335 e. The maximum absolute atomic E-state index is 13.1. The molecule has 0 fully saturated rings. The highest BCUT2D eigenvalue weighted by atomic mass is 32.2. The van der Waals surface area contributed by atoms with Gasteiger partial charge in [0.05, 0.1) is 5.25 Å². The second-order valence-corrected chi connectivity index (χ2v) is 8.14. The van der Waals surface area contributed by atoms with E-state index in [-0.39, 0.29) is 11.7 Å². The van der Waals surface area contributed by atoms with Crippen LogP contribution in [0.25, 0.3) is 11.4 Å². The topological polar surface area (TPSA) is 85.8 Å². The maximum atomic E-state index is 13.1. The highest BCUT2D eigenvalue weighted by Gasteiger charge is 2.21. The summed E-state index contributed by atoms with van der Waals surface area (Å²) in [5.41, 5.74) is 2.58. The third-order valence-corrected chi connectivity index (χ3v) is 5.84. The summed E-state index contributed by atoms with van der Waals surface area (Å²) in [6.07, 6.45) is 0.986. The van der Waals surface area contributed by atoms with Crippen LogP contribution in [0.15, 0.2) is 53.7 Å². The monoisotopic (exact) mass is 413 g/mol. The Kier molecular flexibility index (Phi) is 6.53. The third-order valence-electron chi connectivity index (χ3n) is 4.78. The Labute approximate surface area is 173 Å². The lowest BCUT2D eigenvalue weighted by atomic mass is 9.97. The highest BCUT2D eigenvalue weighted by molar-refractivity contribution is 8.00. The van der Waals surface area contributed by atoms with Crippen molar-refractivity contribution in [2.24, 2.45) is 0 Å². The second-order valence-electron chi connectivity index (χ2n) is 6.83. The van der Waals surface area contributed by atoms with E-state index >= 15 is 0 Å². The molecular weight excluding hydrogens is 389 g/mol. The average molecular weight is 414 g/mol. The summed E-state index contributed by atoms with van der Waals surface area (Å²) >= 11 is 1.21. The molecule has 1 amide bonds. The Morgan fingerprint density at radius 1 is 1.17 bits per heavy atom. The zero-order chi connectivity index (χ0) is 21.0. The normalized spacial score (nSPS) is 13.1. The smallest absolute Gasteiger partial charge is 0.237 e. The molecule has 152 valence electrons. The van der Waals surface area contributed by atoms with Crippen molar-refractivity contribution < 1.29 is 9.18 Å². The van der Waals surface area contributed by atoms with E-state index in [1.807, 2.05) is 24.3 Å². The van der Waals surface area contributed by atoms with E-state index in [4.69, 9.17) is 5.84 Å². The maximum Gasteiger partial charge on any atom is 0.237 e. The van der Waals surface area contributed by atoms with Crippen LogP contribution < -0.4 is 11.2 Å². The van der Waals surface area contributed by atoms with Crippen molar-refractivity contribution in [1.29, 1.82) is 0 Å². The van der Waals surface area contributed by atoms with Gasteiger partial charge in [0.15, 0.2) is 5.82 Å². The van der Waals surface area contributed by atoms with Gasteiger partial charge in [0, 0.05) is 11.3 Å². The van der Waals surface area contributed by atoms with Crippen LogP contribution in [0.4, 0.5) is 10.1 Å². The number of benzene rings is 2. The molecule has 0 saturated heterocycles. The first-order valence-corrected chi connectivity index (χ1v) is 10.3. The molecule has 6 nitrogen and oxygen atoms in total. The predicted octanol–water partition coefficient (Wildman–Crippen LogP) is 4.43. The van der Waals surface area contributed by atoms with Crippen molar-refractivity contribution in [3.05, 3.63) is 59.9 Å². The van der Waals surface area contributed by atoms with E-state index in [9.17, 15) is 9.18 Å². The van der Waals surface area contributed by atoms with Crippen LogP contribution in [0.1, 0.15) is 38.7 Å². The van der Waals surface area contributed by atoms with Crippen LogP contribution in [-0.4, -0.2) is 26.0 Å². The Hall–Kier alpha value is -2.87. The Bertz CT molecular complexity index is 989. The molecule has 0 aliphatic heterocycles. The zero-order valence-electron chi connectivity index (χ0n) is 16.6. The number of aromatic nitrogens is 3. The molecule has 29 heavy (non-hydrogen) atoms. The lowest BCUT2D eigenvalue weighted by Crippen LogP contribution is -2.24. The van der Waals surface area contributed by atoms with Gasteiger partial charge in [0.2, 0.25) is 11.1 Å². The fourth-order valence-corrected chi connectivity index (χ4v) is 3.63. The molecule has 8 heteroatoms. The molecule has 2 aromatic carbocycles. The molecular formula is C21H24FN5OS. The average Bonchev–Trinajstić information content (AvgIpc) is 3.08. The molecule has 3 rings (SSSR count). The van der Waals surface area contributed by atoms with Crippen molar-refractivity contribution in [3.63, 3.8) is 0 Å². The van der Waals surface area contributed by atoms with Gasteiger partial charge >= 0.3 is 0 Å². The van der Waals surface area contributed by atoms with Crippen molar-refractivity contribution in [1.82, 2.24) is 14.9 Å². The lowest BCUT2D eigenvalue weighted by Gasteiger charge is -2.17. The minimum absolute atomic E-state index is 0.142. The SMILES string of the molecule is CC[C@@H](C)c1ccccc1NC(=O)[C@@H](C)Sc1nnc(-c2ccc(F)cc2)n1N. The number of hydrogen-bond donors (Lipinski definition) is 2. The molecule has 0 unspecified atom stereocenters. The number of nitrogen functional groups attached to an aromatic ring is 1.